The molecule has 1 atom stereocenters. The topological polar surface area (TPSA) is 58.2 Å². The SMILES string of the molecule is CCSCC(C)NS(=O)(=O)c1cc(C)c(CNC(C)C)s1. The summed E-state index contributed by atoms with van der Waals surface area (Å²) in [7, 11) is -3.40. The summed E-state index contributed by atoms with van der Waals surface area (Å²) in [6, 6.07) is 2.10. The maximum absolute atomic E-state index is 12.4. The molecule has 1 rings (SSSR count). The second kappa shape index (κ2) is 8.53. The summed E-state index contributed by atoms with van der Waals surface area (Å²) in [5, 5.41) is 3.33. The van der Waals surface area contributed by atoms with Gasteiger partial charge in [-0.25, -0.2) is 13.1 Å². The van der Waals surface area contributed by atoms with Crippen molar-refractivity contribution in [3.8, 4) is 0 Å². The second-order valence-corrected chi connectivity index (χ2v) is 9.79. The number of hydrogen-bond acceptors (Lipinski definition) is 5. The summed E-state index contributed by atoms with van der Waals surface area (Å²) >= 11 is 3.09. The Morgan fingerprint density at radius 1 is 1.33 bits per heavy atom. The number of sulfonamides is 1. The van der Waals surface area contributed by atoms with Gasteiger partial charge in [-0.2, -0.15) is 11.8 Å². The smallest absolute Gasteiger partial charge is 0.250 e. The van der Waals surface area contributed by atoms with Crippen LogP contribution in [0.25, 0.3) is 0 Å². The van der Waals surface area contributed by atoms with Gasteiger partial charge in [0, 0.05) is 29.3 Å². The maximum Gasteiger partial charge on any atom is 0.250 e. The van der Waals surface area contributed by atoms with E-state index in [0.717, 1.165) is 21.9 Å². The highest BCUT2D eigenvalue weighted by Crippen LogP contribution is 2.26. The number of aryl methyl sites for hydroxylation is 1. The predicted octanol–water partition coefficient (Wildman–Crippen LogP) is 2.97. The van der Waals surface area contributed by atoms with E-state index in [2.05, 4.69) is 30.8 Å². The fourth-order valence-electron chi connectivity index (χ4n) is 1.74. The molecule has 0 spiro atoms. The molecule has 0 aliphatic heterocycles. The van der Waals surface area contributed by atoms with E-state index in [-0.39, 0.29) is 6.04 Å². The van der Waals surface area contributed by atoms with E-state index in [9.17, 15) is 8.42 Å². The predicted molar refractivity (Wildman–Crippen MR) is 93.8 cm³/mol. The number of thioether (sulfide) groups is 1. The second-order valence-electron chi connectivity index (χ2n) is 5.39. The third-order valence-corrected chi connectivity index (χ3v) is 7.31. The molecule has 0 saturated heterocycles. The molecule has 0 bridgehead atoms. The normalized spacial score (nSPS) is 13.8. The first-order valence-electron chi connectivity index (χ1n) is 7.19. The van der Waals surface area contributed by atoms with Crippen LogP contribution in [0.2, 0.25) is 0 Å². The Bertz CT molecular complexity index is 538. The molecular formula is C14H26N2O2S3. The average Bonchev–Trinajstić information content (AvgIpc) is 2.75. The average molecular weight is 351 g/mol. The molecule has 0 aliphatic carbocycles. The Morgan fingerprint density at radius 3 is 2.57 bits per heavy atom. The molecule has 1 aromatic heterocycles. The van der Waals surface area contributed by atoms with Gasteiger partial charge in [0.25, 0.3) is 0 Å². The Kier molecular flexibility index (Phi) is 7.70. The van der Waals surface area contributed by atoms with Crippen LogP contribution in [-0.4, -0.2) is 32.0 Å². The summed E-state index contributed by atoms with van der Waals surface area (Å²) in [6.45, 7) is 10.8. The van der Waals surface area contributed by atoms with Crippen LogP contribution in [0.3, 0.4) is 0 Å². The molecule has 0 saturated carbocycles. The first-order chi connectivity index (χ1) is 9.76. The van der Waals surface area contributed by atoms with Gasteiger partial charge in [0.2, 0.25) is 10.0 Å². The molecule has 4 nitrogen and oxygen atoms in total. The van der Waals surface area contributed by atoms with E-state index in [1.165, 1.54) is 11.3 Å². The van der Waals surface area contributed by atoms with Crippen LogP contribution in [0, 0.1) is 6.92 Å². The zero-order valence-electron chi connectivity index (χ0n) is 13.4. The van der Waals surface area contributed by atoms with Crippen molar-refractivity contribution in [3.05, 3.63) is 16.5 Å². The molecule has 0 aliphatic rings. The van der Waals surface area contributed by atoms with Crippen molar-refractivity contribution in [1.29, 1.82) is 0 Å². The highest BCUT2D eigenvalue weighted by Gasteiger charge is 2.21. The van der Waals surface area contributed by atoms with Crippen LogP contribution >= 0.6 is 23.1 Å². The Labute approximate surface area is 137 Å². The zero-order valence-corrected chi connectivity index (χ0v) is 15.8. The van der Waals surface area contributed by atoms with Gasteiger partial charge in [-0.3, -0.25) is 0 Å². The van der Waals surface area contributed by atoms with Crippen molar-refractivity contribution in [3.63, 3.8) is 0 Å². The van der Waals surface area contributed by atoms with Crippen LogP contribution in [0.5, 0.6) is 0 Å². The third kappa shape index (κ3) is 6.28. The van der Waals surface area contributed by atoms with E-state index in [1.54, 1.807) is 17.8 Å². The van der Waals surface area contributed by atoms with Crippen molar-refractivity contribution in [2.75, 3.05) is 11.5 Å². The van der Waals surface area contributed by atoms with E-state index in [4.69, 9.17) is 0 Å². The summed E-state index contributed by atoms with van der Waals surface area (Å²) in [5.41, 5.74) is 1.03. The first-order valence-corrected chi connectivity index (χ1v) is 10.6. The van der Waals surface area contributed by atoms with Crippen molar-refractivity contribution < 1.29 is 8.42 Å². The summed E-state index contributed by atoms with van der Waals surface area (Å²) in [5.74, 6) is 1.79. The van der Waals surface area contributed by atoms with E-state index in [0.29, 0.717) is 16.8 Å². The molecule has 21 heavy (non-hydrogen) atoms. The van der Waals surface area contributed by atoms with Crippen LogP contribution in [0.15, 0.2) is 10.3 Å². The fraction of sp³-hybridized carbons (Fsp3) is 0.714. The lowest BCUT2D eigenvalue weighted by Crippen LogP contribution is -2.33. The molecule has 2 N–H and O–H groups in total. The van der Waals surface area contributed by atoms with E-state index < -0.39 is 10.0 Å². The van der Waals surface area contributed by atoms with Crippen LogP contribution in [0.4, 0.5) is 0 Å². The Balaban J connectivity index is 2.77. The van der Waals surface area contributed by atoms with Gasteiger partial charge in [0.05, 0.1) is 0 Å². The van der Waals surface area contributed by atoms with Crippen molar-refractivity contribution in [2.45, 2.75) is 57.5 Å². The summed E-state index contributed by atoms with van der Waals surface area (Å²) in [4.78, 5) is 1.08. The van der Waals surface area contributed by atoms with Gasteiger partial charge in [0.1, 0.15) is 4.21 Å². The summed E-state index contributed by atoms with van der Waals surface area (Å²) in [6.07, 6.45) is 0. The van der Waals surface area contributed by atoms with E-state index >= 15 is 0 Å². The highest BCUT2D eigenvalue weighted by atomic mass is 32.2. The number of nitrogens with one attached hydrogen (secondary N) is 2. The van der Waals surface area contributed by atoms with Crippen LogP contribution in [0.1, 0.15) is 38.1 Å². The highest BCUT2D eigenvalue weighted by molar-refractivity contribution is 7.99. The molecule has 0 amide bonds. The molecule has 1 unspecified atom stereocenters. The standard InChI is InChI=1S/C14H26N2O2S3/c1-6-19-9-12(5)16-21(17,18)14-7-11(4)13(20-14)8-15-10(2)3/h7,10,12,15-16H,6,8-9H2,1-5H3. The first kappa shape index (κ1) is 19.0. The molecule has 122 valence electrons. The number of thiophene rings is 1. The zero-order chi connectivity index (χ0) is 16.0. The van der Waals surface area contributed by atoms with Gasteiger partial charge in [-0.05, 0) is 31.2 Å². The van der Waals surface area contributed by atoms with Gasteiger partial charge >= 0.3 is 0 Å². The molecular weight excluding hydrogens is 324 g/mol. The van der Waals surface area contributed by atoms with Crippen molar-refractivity contribution in [1.82, 2.24) is 10.0 Å². The van der Waals surface area contributed by atoms with Crippen LogP contribution in [-0.2, 0) is 16.6 Å². The molecule has 1 heterocycles. The fourth-order valence-corrected chi connectivity index (χ4v) is 5.32. The van der Waals surface area contributed by atoms with Gasteiger partial charge < -0.3 is 5.32 Å². The Morgan fingerprint density at radius 2 is 2.00 bits per heavy atom. The summed E-state index contributed by atoms with van der Waals surface area (Å²) < 4.78 is 27.9. The minimum atomic E-state index is -3.40. The molecule has 0 radical (unpaired) electrons. The molecule has 7 heteroatoms. The van der Waals surface area contributed by atoms with Gasteiger partial charge in [0.15, 0.2) is 0 Å². The number of hydrogen-bond donors (Lipinski definition) is 2. The number of rotatable bonds is 9. The lowest BCUT2D eigenvalue weighted by atomic mass is 10.3. The quantitative estimate of drug-likeness (QED) is 0.719. The lowest BCUT2D eigenvalue weighted by molar-refractivity contribution is 0.573. The van der Waals surface area contributed by atoms with Gasteiger partial charge in [-0.15, -0.1) is 11.3 Å². The van der Waals surface area contributed by atoms with Crippen LogP contribution < -0.4 is 10.0 Å². The minimum Gasteiger partial charge on any atom is -0.310 e. The van der Waals surface area contributed by atoms with Gasteiger partial charge in [-0.1, -0.05) is 20.8 Å². The van der Waals surface area contributed by atoms with Crippen molar-refractivity contribution in [2.24, 2.45) is 0 Å². The van der Waals surface area contributed by atoms with E-state index in [1.807, 2.05) is 13.8 Å². The molecule has 0 fully saturated rings. The molecule has 0 aromatic carbocycles. The largest absolute Gasteiger partial charge is 0.310 e. The minimum absolute atomic E-state index is 0.0559. The Hall–Kier alpha value is -0.0800. The third-order valence-electron chi connectivity index (χ3n) is 2.86. The van der Waals surface area contributed by atoms with Crippen molar-refractivity contribution >= 4 is 33.1 Å². The monoisotopic (exact) mass is 350 g/mol. The molecule has 1 aromatic rings. The maximum atomic E-state index is 12.4. The lowest BCUT2D eigenvalue weighted by Gasteiger charge is -2.12.